The number of hydrogen-bond donors (Lipinski definition) is 4. The van der Waals surface area contributed by atoms with Crippen LogP contribution >= 0.6 is 0 Å². The van der Waals surface area contributed by atoms with Crippen LogP contribution in [-0.2, 0) is 20.7 Å². The molecule has 2 heterocycles. The number of rotatable bonds is 4. The highest BCUT2D eigenvalue weighted by atomic mass is 19.3. The van der Waals surface area contributed by atoms with Crippen LogP contribution in [0.3, 0.4) is 0 Å². The molecule has 0 fully saturated rings. The molecule has 0 aliphatic carbocycles. The number of nitrogens with one attached hydrogen (secondary N) is 1. The van der Waals surface area contributed by atoms with Crippen LogP contribution in [0.4, 0.5) is 13.2 Å². The minimum absolute atomic E-state index is 0.0984. The lowest BCUT2D eigenvalue weighted by Gasteiger charge is -2.37. The van der Waals surface area contributed by atoms with Gasteiger partial charge in [0.05, 0.1) is 19.4 Å². The Morgan fingerprint density at radius 1 is 1.33 bits per heavy atom. The van der Waals surface area contributed by atoms with Gasteiger partial charge in [-0.15, -0.1) is 0 Å². The highest BCUT2D eigenvalue weighted by Gasteiger charge is 2.47. The molecule has 1 unspecified atom stereocenters. The van der Waals surface area contributed by atoms with Crippen LogP contribution in [0.25, 0.3) is 0 Å². The first kappa shape index (κ1) is 19.1. The number of nitrogens with two attached hydrogens (primary N) is 3. The molecule has 2 aliphatic rings. The van der Waals surface area contributed by atoms with E-state index >= 15 is 0 Å². The van der Waals surface area contributed by atoms with Crippen LogP contribution in [0.15, 0.2) is 46.9 Å². The van der Waals surface area contributed by atoms with Gasteiger partial charge in [0.1, 0.15) is 24.0 Å². The fraction of sp³-hybridized carbons (Fsp3) is 0.353. The predicted molar refractivity (Wildman–Crippen MR) is 92.9 cm³/mol. The quantitative estimate of drug-likeness (QED) is 0.608. The summed E-state index contributed by atoms with van der Waals surface area (Å²) in [6.07, 6.45) is -0.126. The van der Waals surface area contributed by atoms with Crippen molar-refractivity contribution in [2.75, 3.05) is 20.3 Å². The molecule has 1 aromatic rings. The Morgan fingerprint density at radius 3 is 2.70 bits per heavy atom. The number of ether oxygens (including phenoxy) is 2. The van der Waals surface area contributed by atoms with Crippen molar-refractivity contribution in [1.29, 1.82) is 0 Å². The second-order valence-electron chi connectivity index (χ2n) is 6.32. The molecule has 146 valence electrons. The van der Waals surface area contributed by atoms with Crippen LogP contribution in [0, 0.1) is 5.82 Å². The molecular formula is C17H20F3N5O2. The average molecular weight is 383 g/mol. The highest BCUT2D eigenvalue weighted by Crippen LogP contribution is 2.39. The van der Waals surface area contributed by atoms with Gasteiger partial charge in [0, 0.05) is 23.4 Å². The third-order valence-electron chi connectivity index (χ3n) is 4.54. The van der Waals surface area contributed by atoms with E-state index in [1.807, 2.05) is 0 Å². The summed E-state index contributed by atoms with van der Waals surface area (Å²) in [4.78, 5) is 3.84. The first-order valence-corrected chi connectivity index (χ1v) is 8.02. The van der Waals surface area contributed by atoms with E-state index in [4.69, 9.17) is 26.7 Å². The lowest BCUT2D eigenvalue weighted by Crippen LogP contribution is -2.52. The van der Waals surface area contributed by atoms with Crippen molar-refractivity contribution in [3.05, 3.63) is 58.9 Å². The van der Waals surface area contributed by atoms with Crippen LogP contribution in [0.2, 0.25) is 0 Å². The second kappa shape index (κ2) is 6.78. The smallest absolute Gasteiger partial charge is 0.269 e. The van der Waals surface area contributed by atoms with Crippen LogP contribution in [0.5, 0.6) is 0 Å². The SMILES string of the molecule is COC1=CC(N)=CNC1(N)c1ccc(F)c([C@]2(C(F)F)COCC(N)=N2)c1. The monoisotopic (exact) mass is 383 g/mol. The van der Waals surface area contributed by atoms with Crippen LogP contribution in [-0.4, -0.2) is 32.6 Å². The van der Waals surface area contributed by atoms with Crippen molar-refractivity contribution in [3.8, 4) is 0 Å². The van der Waals surface area contributed by atoms with E-state index < -0.39 is 30.1 Å². The Morgan fingerprint density at radius 2 is 2.07 bits per heavy atom. The maximum Gasteiger partial charge on any atom is 0.269 e. The van der Waals surface area contributed by atoms with Crippen LogP contribution < -0.4 is 22.5 Å². The number of halogens is 3. The second-order valence-corrected chi connectivity index (χ2v) is 6.32. The van der Waals surface area contributed by atoms with Crippen molar-refractivity contribution in [1.82, 2.24) is 5.32 Å². The largest absolute Gasteiger partial charge is 0.497 e. The van der Waals surface area contributed by atoms with E-state index in [2.05, 4.69) is 10.3 Å². The first-order valence-electron chi connectivity index (χ1n) is 8.02. The van der Waals surface area contributed by atoms with Gasteiger partial charge in [0.2, 0.25) is 0 Å². The summed E-state index contributed by atoms with van der Waals surface area (Å²) in [5, 5.41) is 2.86. The third kappa shape index (κ3) is 3.10. The zero-order valence-electron chi connectivity index (χ0n) is 14.5. The van der Waals surface area contributed by atoms with E-state index in [-0.39, 0.29) is 29.3 Å². The summed E-state index contributed by atoms with van der Waals surface area (Å²) < 4.78 is 52.9. The number of nitrogens with zero attached hydrogens (tertiary/aromatic N) is 1. The molecule has 27 heavy (non-hydrogen) atoms. The van der Waals surface area contributed by atoms with Gasteiger partial charge in [-0.3, -0.25) is 10.7 Å². The molecule has 0 spiro atoms. The summed E-state index contributed by atoms with van der Waals surface area (Å²) in [5.41, 5.74) is 14.3. The Labute approximate surface area is 153 Å². The zero-order chi connectivity index (χ0) is 19.8. The zero-order valence-corrected chi connectivity index (χ0v) is 14.5. The van der Waals surface area contributed by atoms with Crippen LogP contribution in [0.1, 0.15) is 11.1 Å². The van der Waals surface area contributed by atoms with Gasteiger partial charge >= 0.3 is 0 Å². The minimum Gasteiger partial charge on any atom is -0.497 e. The Balaban J connectivity index is 2.15. The summed E-state index contributed by atoms with van der Waals surface area (Å²) in [6.45, 7) is -0.616. The molecule has 7 N–H and O–H groups in total. The molecule has 0 saturated carbocycles. The maximum atomic E-state index is 14.6. The molecule has 0 saturated heterocycles. The van der Waals surface area contributed by atoms with Gasteiger partial charge in [-0.05, 0) is 12.1 Å². The molecule has 7 nitrogen and oxygen atoms in total. The van der Waals surface area contributed by atoms with Crippen molar-refractivity contribution in [2.24, 2.45) is 22.2 Å². The Bertz CT molecular complexity index is 842. The molecule has 1 aromatic carbocycles. The Hall–Kier alpha value is -2.72. The summed E-state index contributed by atoms with van der Waals surface area (Å²) in [5.74, 6) is -0.787. The number of allylic oxidation sites excluding steroid dienone is 1. The molecular weight excluding hydrogens is 363 g/mol. The third-order valence-corrected chi connectivity index (χ3v) is 4.54. The van der Waals surface area contributed by atoms with Crippen molar-refractivity contribution < 1.29 is 22.6 Å². The molecule has 2 atom stereocenters. The highest BCUT2D eigenvalue weighted by molar-refractivity contribution is 5.82. The van der Waals surface area contributed by atoms with E-state index in [1.54, 1.807) is 0 Å². The summed E-state index contributed by atoms with van der Waals surface area (Å²) >= 11 is 0. The van der Waals surface area contributed by atoms with E-state index in [0.717, 1.165) is 6.07 Å². The lowest BCUT2D eigenvalue weighted by atomic mass is 9.86. The normalized spacial score (nSPS) is 28.1. The molecule has 0 radical (unpaired) electrons. The predicted octanol–water partition coefficient (Wildman–Crippen LogP) is 0.719. The number of benzene rings is 1. The number of amidine groups is 1. The van der Waals surface area contributed by atoms with Gasteiger partial charge in [0.15, 0.2) is 11.2 Å². The summed E-state index contributed by atoms with van der Waals surface area (Å²) in [6, 6.07) is 3.62. The number of dihydropyridines is 1. The number of alkyl halides is 2. The van der Waals surface area contributed by atoms with Gasteiger partial charge in [-0.2, -0.15) is 0 Å². The molecule has 0 aromatic heterocycles. The molecule has 0 amide bonds. The number of methoxy groups -OCH3 is 1. The molecule has 0 bridgehead atoms. The minimum atomic E-state index is -3.05. The fourth-order valence-electron chi connectivity index (χ4n) is 3.12. The van der Waals surface area contributed by atoms with Crippen molar-refractivity contribution in [3.63, 3.8) is 0 Å². The van der Waals surface area contributed by atoms with Crippen molar-refractivity contribution >= 4 is 5.84 Å². The standard InChI is InChI=1S/C17H20F3N5O2/c1-26-13-5-10(21)6-24-17(13,23)9-2-3-12(18)11(4-9)16(15(19)20)8-27-7-14(22)25-16/h2-6,15,24H,7-8,21,23H2,1H3,(H2,22,25)/t16-,17?/m0/s1. The van der Waals surface area contributed by atoms with Gasteiger partial charge in [0.25, 0.3) is 6.43 Å². The van der Waals surface area contributed by atoms with Gasteiger partial charge in [-0.25, -0.2) is 13.2 Å². The molecule has 2 aliphatic heterocycles. The Kier molecular flexibility index (Phi) is 4.79. The van der Waals surface area contributed by atoms with E-state index in [0.29, 0.717) is 5.70 Å². The summed E-state index contributed by atoms with van der Waals surface area (Å²) in [7, 11) is 1.39. The average Bonchev–Trinajstić information content (AvgIpc) is 2.63. The lowest BCUT2D eigenvalue weighted by molar-refractivity contribution is -0.0147. The van der Waals surface area contributed by atoms with Gasteiger partial charge in [-0.1, -0.05) is 6.07 Å². The first-order chi connectivity index (χ1) is 12.7. The number of hydrogen-bond acceptors (Lipinski definition) is 7. The molecule has 10 heteroatoms. The van der Waals surface area contributed by atoms with Gasteiger partial charge < -0.3 is 26.3 Å². The molecule has 3 rings (SSSR count). The topological polar surface area (TPSA) is 121 Å². The number of aliphatic imine (C=N–C) groups is 1. The van der Waals surface area contributed by atoms with Crippen molar-refractivity contribution in [2.45, 2.75) is 17.6 Å². The fourth-order valence-corrected chi connectivity index (χ4v) is 3.12. The van der Waals surface area contributed by atoms with E-state index in [1.165, 1.54) is 31.5 Å². The maximum absolute atomic E-state index is 14.6. The van der Waals surface area contributed by atoms with E-state index in [9.17, 15) is 13.2 Å².